The first-order valence-corrected chi connectivity index (χ1v) is 7.88. The molecule has 1 aliphatic rings. The van der Waals surface area contributed by atoms with E-state index in [0.29, 0.717) is 12.3 Å². The van der Waals surface area contributed by atoms with E-state index in [9.17, 15) is 8.42 Å². The molecule has 0 aliphatic carbocycles. The Hall–Kier alpha value is -0.890. The van der Waals surface area contributed by atoms with Gasteiger partial charge in [-0.15, -0.1) is 0 Å². The highest BCUT2D eigenvalue weighted by atomic mass is 32.2. The van der Waals surface area contributed by atoms with Crippen molar-refractivity contribution in [2.24, 2.45) is 0 Å². The second-order valence-electron chi connectivity index (χ2n) is 4.65. The lowest BCUT2D eigenvalue weighted by Gasteiger charge is -2.19. The van der Waals surface area contributed by atoms with Crippen LogP contribution in [0.15, 0.2) is 21.6 Å². The Morgan fingerprint density at radius 3 is 2.89 bits per heavy atom. The Morgan fingerprint density at radius 1 is 1.47 bits per heavy atom. The molecule has 1 saturated heterocycles. The topological polar surface area (TPSA) is 80.6 Å². The lowest BCUT2D eigenvalue weighted by Crippen LogP contribution is -2.36. The molecule has 2 N–H and O–H groups in total. The average Bonchev–Trinajstić information content (AvgIpc) is 3.07. The van der Waals surface area contributed by atoms with E-state index in [4.69, 9.17) is 9.15 Å². The van der Waals surface area contributed by atoms with Crippen molar-refractivity contribution in [1.29, 1.82) is 0 Å². The van der Waals surface area contributed by atoms with E-state index in [1.165, 1.54) is 13.1 Å². The standard InChI is InChI=1S/C12H20N2O4S/c1-9(11-4-3-7-17-11)14-8-10-5-6-12(18-10)19(15,16)13-2/h5-6,9,11,13-14H,3-4,7-8H2,1-2H3. The van der Waals surface area contributed by atoms with Crippen molar-refractivity contribution in [1.82, 2.24) is 10.0 Å². The van der Waals surface area contributed by atoms with Crippen molar-refractivity contribution in [3.63, 3.8) is 0 Å². The van der Waals surface area contributed by atoms with Crippen LogP contribution in [0.5, 0.6) is 0 Å². The smallest absolute Gasteiger partial charge is 0.273 e. The molecule has 2 atom stereocenters. The molecule has 1 aromatic rings. The molecule has 2 unspecified atom stereocenters. The maximum absolute atomic E-state index is 11.5. The van der Waals surface area contributed by atoms with E-state index >= 15 is 0 Å². The third kappa shape index (κ3) is 3.56. The summed E-state index contributed by atoms with van der Waals surface area (Å²) in [5, 5.41) is 3.23. The van der Waals surface area contributed by atoms with Gasteiger partial charge in [-0.2, -0.15) is 0 Å². The summed E-state index contributed by atoms with van der Waals surface area (Å²) in [7, 11) is -2.14. The van der Waals surface area contributed by atoms with Crippen molar-refractivity contribution in [3.8, 4) is 0 Å². The van der Waals surface area contributed by atoms with Crippen molar-refractivity contribution < 1.29 is 17.6 Å². The van der Waals surface area contributed by atoms with Crippen LogP contribution in [0, 0.1) is 0 Å². The van der Waals surface area contributed by atoms with Gasteiger partial charge in [-0.3, -0.25) is 0 Å². The van der Waals surface area contributed by atoms with E-state index in [0.717, 1.165) is 19.4 Å². The highest BCUT2D eigenvalue weighted by molar-refractivity contribution is 7.89. The van der Waals surface area contributed by atoms with Crippen LogP contribution in [0.3, 0.4) is 0 Å². The quantitative estimate of drug-likeness (QED) is 0.811. The maximum atomic E-state index is 11.5. The molecule has 0 bridgehead atoms. The van der Waals surface area contributed by atoms with Crippen LogP contribution in [-0.4, -0.2) is 34.2 Å². The van der Waals surface area contributed by atoms with Crippen molar-refractivity contribution in [2.45, 2.75) is 43.5 Å². The summed E-state index contributed by atoms with van der Waals surface area (Å²) >= 11 is 0. The van der Waals surface area contributed by atoms with Crippen molar-refractivity contribution >= 4 is 10.0 Å². The van der Waals surface area contributed by atoms with Gasteiger partial charge in [0.15, 0.2) is 0 Å². The number of nitrogens with one attached hydrogen (secondary N) is 2. The Balaban J connectivity index is 1.90. The zero-order valence-electron chi connectivity index (χ0n) is 11.2. The Kier molecular flexibility index (Phi) is 4.62. The van der Waals surface area contributed by atoms with Crippen LogP contribution in [0.1, 0.15) is 25.5 Å². The minimum Gasteiger partial charge on any atom is -0.447 e. The van der Waals surface area contributed by atoms with Gasteiger partial charge in [0.05, 0.1) is 12.6 Å². The van der Waals surface area contributed by atoms with Gasteiger partial charge < -0.3 is 14.5 Å². The summed E-state index contributed by atoms with van der Waals surface area (Å²) in [6.07, 6.45) is 2.39. The molecular formula is C12H20N2O4S. The van der Waals surface area contributed by atoms with Crippen molar-refractivity contribution in [2.75, 3.05) is 13.7 Å². The molecule has 19 heavy (non-hydrogen) atoms. The maximum Gasteiger partial charge on any atom is 0.273 e. The fourth-order valence-corrected chi connectivity index (χ4v) is 2.75. The molecule has 108 valence electrons. The molecule has 7 heteroatoms. The summed E-state index contributed by atoms with van der Waals surface area (Å²) in [6.45, 7) is 3.37. The molecule has 6 nitrogen and oxygen atoms in total. The van der Waals surface area contributed by atoms with E-state index in [-0.39, 0.29) is 17.2 Å². The largest absolute Gasteiger partial charge is 0.447 e. The second-order valence-corrected chi connectivity index (χ2v) is 6.47. The number of furan rings is 1. The normalized spacial score (nSPS) is 21.7. The van der Waals surface area contributed by atoms with Crippen LogP contribution in [0.4, 0.5) is 0 Å². The number of sulfonamides is 1. The van der Waals surface area contributed by atoms with E-state index < -0.39 is 10.0 Å². The predicted octanol–water partition coefficient (Wildman–Crippen LogP) is 0.845. The second kappa shape index (κ2) is 6.04. The van der Waals surface area contributed by atoms with Crippen LogP contribution >= 0.6 is 0 Å². The van der Waals surface area contributed by atoms with Gasteiger partial charge in [0, 0.05) is 12.6 Å². The summed E-state index contributed by atoms with van der Waals surface area (Å²) in [6, 6.07) is 3.34. The van der Waals surface area contributed by atoms with Gasteiger partial charge in [-0.25, -0.2) is 13.1 Å². The number of hydrogen-bond acceptors (Lipinski definition) is 5. The Morgan fingerprint density at radius 2 is 2.26 bits per heavy atom. The number of ether oxygens (including phenoxy) is 1. The highest BCUT2D eigenvalue weighted by Gasteiger charge is 2.22. The summed E-state index contributed by atoms with van der Waals surface area (Å²) < 4.78 is 36.1. The molecule has 0 radical (unpaired) electrons. The molecule has 1 aromatic heterocycles. The summed E-state index contributed by atoms with van der Waals surface area (Å²) in [5.74, 6) is 0.596. The Labute approximate surface area is 113 Å². The number of rotatable bonds is 6. The SMILES string of the molecule is CNS(=O)(=O)c1ccc(CNC(C)C2CCCO2)o1. The summed E-state index contributed by atoms with van der Waals surface area (Å²) in [5.41, 5.74) is 0. The van der Waals surface area contributed by atoms with Crippen LogP contribution in [0.2, 0.25) is 0 Å². The average molecular weight is 288 g/mol. The molecule has 0 aromatic carbocycles. The lowest BCUT2D eigenvalue weighted by molar-refractivity contribution is 0.0824. The molecule has 0 spiro atoms. The van der Waals surface area contributed by atoms with Gasteiger partial charge in [-0.1, -0.05) is 0 Å². The molecule has 0 amide bonds. The van der Waals surface area contributed by atoms with Gasteiger partial charge in [0.2, 0.25) is 5.09 Å². The minimum absolute atomic E-state index is 0.0587. The first-order chi connectivity index (χ1) is 9.03. The van der Waals surface area contributed by atoms with Gasteiger partial charge in [-0.05, 0) is 38.9 Å². The van der Waals surface area contributed by atoms with E-state index in [2.05, 4.69) is 17.0 Å². The molecule has 1 fully saturated rings. The van der Waals surface area contributed by atoms with Crippen molar-refractivity contribution in [3.05, 3.63) is 17.9 Å². The lowest BCUT2D eigenvalue weighted by atomic mass is 10.1. The zero-order chi connectivity index (χ0) is 13.9. The molecule has 0 saturated carbocycles. The van der Waals surface area contributed by atoms with Gasteiger partial charge in [0.25, 0.3) is 10.0 Å². The third-order valence-corrected chi connectivity index (χ3v) is 4.58. The molecular weight excluding hydrogens is 268 g/mol. The van der Waals surface area contributed by atoms with Gasteiger partial charge in [0.1, 0.15) is 5.76 Å². The summed E-state index contributed by atoms with van der Waals surface area (Å²) in [4.78, 5) is 0. The third-order valence-electron chi connectivity index (χ3n) is 3.29. The first kappa shape index (κ1) is 14.5. The molecule has 2 heterocycles. The van der Waals surface area contributed by atoms with Crippen LogP contribution in [0.25, 0.3) is 0 Å². The monoisotopic (exact) mass is 288 g/mol. The zero-order valence-corrected chi connectivity index (χ0v) is 12.0. The van der Waals surface area contributed by atoms with E-state index in [1.54, 1.807) is 6.07 Å². The Bertz CT molecular complexity index is 506. The first-order valence-electron chi connectivity index (χ1n) is 6.40. The molecule has 1 aliphatic heterocycles. The van der Waals surface area contributed by atoms with Crippen LogP contribution in [-0.2, 0) is 21.3 Å². The van der Waals surface area contributed by atoms with E-state index in [1.807, 2.05) is 0 Å². The highest BCUT2D eigenvalue weighted by Crippen LogP contribution is 2.17. The van der Waals surface area contributed by atoms with Crippen LogP contribution < -0.4 is 10.0 Å². The number of hydrogen-bond donors (Lipinski definition) is 2. The van der Waals surface area contributed by atoms with Gasteiger partial charge >= 0.3 is 0 Å². The fourth-order valence-electron chi connectivity index (χ4n) is 2.09. The predicted molar refractivity (Wildman–Crippen MR) is 70.2 cm³/mol. The fraction of sp³-hybridized carbons (Fsp3) is 0.667. The molecule has 2 rings (SSSR count). The minimum atomic E-state index is -3.50.